The van der Waals surface area contributed by atoms with Crippen LogP contribution in [0.1, 0.15) is 19.8 Å². The smallest absolute Gasteiger partial charge is 0 e. The van der Waals surface area contributed by atoms with E-state index in [0.29, 0.717) is 0 Å². The van der Waals surface area contributed by atoms with Crippen molar-refractivity contribution in [2.24, 2.45) is 0 Å². The molecule has 0 spiro atoms. The molecule has 0 aromatic rings. The molecule has 0 amide bonds. The summed E-state index contributed by atoms with van der Waals surface area (Å²) in [6, 6.07) is 0. The van der Waals surface area contributed by atoms with E-state index in [1.54, 1.807) is 0 Å². The van der Waals surface area contributed by atoms with Crippen molar-refractivity contribution in [3.05, 3.63) is 0 Å². The quantitative estimate of drug-likeness (QED) is 0.714. The SMILES string of the molecule is CCCC[O][Pr].[Zr]. The Morgan fingerprint density at radius 3 is 2.29 bits per heavy atom. The maximum absolute atomic E-state index is 4.95. The van der Waals surface area contributed by atoms with E-state index in [1.165, 1.54) is 12.8 Å². The molecule has 0 aliphatic heterocycles. The fourth-order valence-corrected chi connectivity index (χ4v) is 0.762. The van der Waals surface area contributed by atoms with Gasteiger partial charge in [0.1, 0.15) is 0 Å². The van der Waals surface area contributed by atoms with E-state index < -0.39 is 0 Å². The first-order valence-corrected chi connectivity index (χ1v) is 3.74. The minimum Gasteiger partial charge on any atom is 0 e. The summed E-state index contributed by atoms with van der Waals surface area (Å²) < 4.78 is 4.95. The first-order valence-electron chi connectivity index (χ1n) is 2.23. The van der Waals surface area contributed by atoms with Crippen molar-refractivity contribution in [3.8, 4) is 0 Å². The Bertz CT molecular complexity index is 23.7. The molecule has 0 saturated carbocycles. The maximum Gasteiger partial charge on any atom is 0 e. The van der Waals surface area contributed by atoms with Crippen LogP contribution in [0.2, 0.25) is 0 Å². The molecule has 0 aliphatic carbocycles. The number of hydrogen-bond acceptors (Lipinski definition) is 1. The molecule has 0 saturated heterocycles. The second kappa shape index (κ2) is 11.1. The summed E-state index contributed by atoms with van der Waals surface area (Å²) in [7, 11) is 0. The average molecular weight is 305 g/mol. The van der Waals surface area contributed by atoms with E-state index in [4.69, 9.17) is 1.01 Å². The Morgan fingerprint density at radius 1 is 1.57 bits per heavy atom. The van der Waals surface area contributed by atoms with E-state index in [9.17, 15) is 0 Å². The zero-order valence-electron chi connectivity index (χ0n) is 4.61. The normalized spacial score (nSPS) is 7.43. The average Bonchev–Trinajstić information content (AvgIpc) is 1.61. The van der Waals surface area contributed by atoms with Crippen LogP contribution in [-0.4, -0.2) is 6.61 Å². The van der Waals surface area contributed by atoms with Gasteiger partial charge in [-0.15, -0.1) is 0 Å². The minimum atomic E-state index is 0. The van der Waals surface area contributed by atoms with Crippen LogP contribution in [0.25, 0.3) is 0 Å². The molecule has 3 heteroatoms. The van der Waals surface area contributed by atoms with E-state index in [2.05, 4.69) is 6.92 Å². The van der Waals surface area contributed by atoms with Crippen molar-refractivity contribution in [1.29, 1.82) is 0 Å². The van der Waals surface area contributed by atoms with Gasteiger partial charge in [0.15, 0.2) is 0 Å². The molecule has 38 valence electrons. The molecule has 0 rings (SSSR count). The summed E-state index contributed by atoms with van der Waals surface area (Å²) in [6.45, 7) is 3.16. The van der Waals surface area contributed by atoms with E-state index in [-0.39, 0.29) is 26.2 Å². The molecule has 1 nitrogen and oxygen atoms in total. The molecule has 0 aromatic carbocycles. The summed E-state index contributed by atoms with van der Waals surface area (Å²) in [5, 5.41) is 0. The molecule has 0 N–H and O–H groups in total. The Morgan fingerprint density at radius 2 is 2.14 bits per heavy atom. The van der Waals surface area contributed by atoms with Crippen molar-refractivity contribution in [1.82, 2.24) is 0 Å². The fraction of sp³-hybridized carbons (Fsp3) is 1.00. The van der Waals surface area contributed by atoms with Gasteiger partial charge in [-0.3, -0.25) is 0 Å². The minimum absolute atomic E-state index is 0. The third kappa shape index (κ3) is 11.7. The van der Waals surface area contributed by atoms with Crippen molar-refractivity contribution in [3.63, 3.8) is 0 Å². The molecule has 0 heterocycles. The number of hydrogen-bond donors (Lipinski definition) is 0. The van der Waals surface area contributed by atoms with Gasteiger partial charge in [0.25, 0.3) is 0 Å². The fourth-order valence-electron chi connectivity index (χ4n) is 0.228. The predicted octanol–water partition coefficient (Wildman–Crippen LogP) is 1.26. The van der Waals surface area contributed by atoms with Gasteiger partial charge in [-0.1, -0.05) is 0 Å². The zero-order chi connectivity index (χ0) is 4.83. The van der Waals surface area contributed by atoms with Gasteiger partial charge in [0.05, 0.1) is 0 Å². The van der Waals surface area contributed by atoms with Crippen LogP contribution in [0.15, 0.2) is 0 Å². The van der Waals surface area contributed by atoms with E-state index in [0.717, 1.165) is 46.4 Å². The summed E-state index contributed by atoms with van der Waals surface area (Å²) in [5.41, 5.74) is 0. The first kappa shape index (κ1) is 11.9. The molecule has 0 bridgehead atoms. The van der Waals surface area contributed by atoms with E-state index >= 15 is 0 Å². The Kier molecular flexibility index (Phi) is 18.9. The molecule has 0 aromatic heterocycles. The Balaban J connectivity index is 0. The van der Waals surface area contributed by atoms with E-state index in [1.807, 2.05) is 0 Å². The van der Waals surface area contributed by atoms with Gasteiger partial charge in [-0.25, -0.2) is 0 Å². The van der Waals surface area contributed by atoms with Crippen LogP contribution in [0, 0.1) is 39.8 Å². The third-order valence-corrected chi connectivity index (χ3v) is 1.37. The van der Waals surface area contributed by atoms with Crippen molar-refractivity contribution < 1.29 is 67.0 Å². The topological polar surface area (TPSA) is 9.23 Å². The van der Waals surface area contributed by atoms with Crippen molar-refractivity contribution >= 4 is 0 Å². The molecule has 0 fully saturated rings. The zero-order valence-corrected chi connectivity index (χ0v) is 10.8. The second-order valence-corrected chi connectivity index (χ2v) is 2.29. The number of unbranched alkanes of at least 4 members (excludes halogenated alkanes) is 1. The van der Waals surface area contributed by atoms with Gasteiger partial charge in [-0.2, -0.15) is 0 Å². The summed E-state index contributed by atoms with van der Waals surface area (Å²) in [6.07, 6.45) is 2.49. The molecular weight excluding hydrogens is 296 g/mol. The molecule has 0 atom stereocenters. The second-order valence-electron chi connectivity index (χ2n) is 1.22. The summed E-state index contributed by atoms with van der Waals surface area (Å²) >= 11 is 0.738. The summed E-state index contributed by atoms with van der Waals surface area (Å²) in [5.74, 6) is 0. The molecule has 0 unspecified atom stereocenters. The standard InChI is InChI=1S/C4H9O.Pr.Zr/c1-2-3-4-5;;/h2-4H2,1H3;;/q-1;+1;. The Labute approximate surface area is 91.7 Å². The molecule has 0 radical (unpaired) electrons. The summed E-state index contributed by atoms with van der Waals surface area (Å²) in [4.78, 5) is 0. The largest absolute Gasteiger partial charge is 0 e. The van der Waals surface area contributed by atoms with Crippen LogP contribution in [-0.2, 0) is 27.2 Å². The predicted molar refractivity (Wildman–Crippen MR) is 20.9 cm³/mol. The first-order chi connectivity index (χ1) is 2.91. The van der Waals surface area contributed by atoms with Crippen LogP contribution in [0.4, 0.5) is 0 Å². The van der Waals surface area contributed by atoms with Gasteiger partial charge in [-0.05, 0) is 0 Å². The van der Waals surface area contributed by atoms with Crippen LogP contribution >= 0.6 is 0 Å². The van der Waals surface area contributed by atoms with Crippen molar-refractivity contribution in [2.45, 2.75) is 19.8 Å². The molecule has 7 heavy (non-hydrogen) atoms. The van der Waals surface area contributed by atoms with Crippen LogP contribution in [0.3, 0.4) is 0 Å². The maximum atomic E-state index is 4.95. The number of rotatable bonds is 3. The Hall–Kier alpha value is 2.21. The van der Waals surface area contributed by atoms with Crippen molar-refractivity contribution in [2.75, 3.05) is 6.61 Å². The van der Waals surface area contributed by atoms with Crippen LogP contribution in [0.5, 0.6) is 0 Å². The van der Waals surface area contributed by atoms with Crippen LogP contribution < -0.4 is 0 Å². The monoisotopic (exact) mass is 304 g/mol. The van der Waals surface area contributed by atoms with Gasteiger partial charge < -0.3 is 0 Å². The van der Waals surface area contributed by atoms with Gasteiger partial charge in [0, 0.05) is 26.2 Å². The van der Waals surface area contributed by atoms with Gasteiger partial charge in [0.2, 0.25) is 0 Å². The van der Waals surface area contributed by atoms with Gasteiger partial charge >= 0.3 is 67.2 Å². The molecular formula is C4H9OPrZr. The third-order valence-electron chi connectivity index (χ3n) is 0.616. The molecule has 0 aliphatic rings.